The van der Waals surface area contributed by atoms with Crippen LogP contribution in [0.3, 0.4) is 0 Å². The van der Waals surface area contributed by atoms with Crippen LogP contribution in [0.5, 0.6) is 0 Å². The van der Waals surface area contributed by atoms with Crippen molar-refractivity contribution >= 4 is 35.8 Å². The van der Waals surface area contributed by atoms with Gasteiger partial charge in [-0.15, -0.1) is 24.0 Å². The van der Waals surface area contributed by atoms with Gasteiger partial charge < -0.3 is 20.5 Å². The van der Waals surface area contributed by atoms with E-state index in [9.17, 15) is 4.79 Å². The van der Waals surface area contributed by atoms with E-state index in [-0.39, 0.29) is 29.9 Å². The maximum absolute atomic E-state index is 11.6. The van der Waals surface area contributed by atoms with Crippen LogP contribution in [0, 0.1) is 5.92 Å². The Balaban J connectivity index is 0.00000300. The molecule has 0 saturated carbocycles. The largest absolute Gasteiger partial charge is 0.359 e. The summed E-state index contributed by atoms with van der Waals surface area (Å²) in [6.45, 7) is 5.24. The second-order valence-corrected chi connectivity index (χ2v) is 7.09. The van der Waals surface area contributed by atoms with Crippen LogP contribution in [0.4, 0.5) is 0 Å². The van der Waals surface area contributed by atoms with Gasteiger partial charge in [0.1, 0.15) is 12.4 Å². The number of nitrogens with one attached hydrogen (secondary N) is 3. The lowest BCUT2D eigenvalue weighted by Gasteiger charge is -2.34. The van der Waals surface area contributed by atoms with Gasteiger partial charge in [-0.2, -0.15) is 0 Å². The number of carbonyl (C=O) groups excluding carboxylic acids is 1. The van der Waals surface area contributed by atoms with Crippen LogP contribution < -0.4 is 10.6 Å². The topological polar surface area (TPSA) is 85.4 Å². The summed E-state index contributed by atoms with van der Waals surface area (Å²) in [4.78, 5) is 26.5. The van der Waals surface area contributed by atoms with Crippen LogP contribution in [-0.2, 0) is 11.3 Å². The summed E-state index contributed by atoms with van der Waals surface area (Å²) < 4.78 is 0. The first-order valence-electron chi connectivity index (χ1n) is 10.0. The van der Waals surface area contributed by atoms with Crippen LogP contribution in [0.2, 0.25) is 0 Å². The zero-order valence-electron chi connectivity index (χ0n) is 17.1. The molecule has 1 aromatic heterocycles. The molecule has 0 bridgehead atoms. The lowest BCUT2D eigenvalue weighted by molar-refractivity contribution is -0.121. The normalized spacial score (nSPS) is 15.0. The summed E-state index contributed by atoms with van der Waals surface area (Å²) in [5.74, 6) is 2.35. The SMILES string of the molecule is CCNC(=NCc1ncc(-c2ccccc2)[nH]1)N1CCC(CC(=O)NC)CC1.I. The third kappa shape index (κ3) is 6.73. The van der Waals surface area contributed by atoms with E-state index in [0.29, 0.717) is 18.9 Å². The van der Waals surface area contributed by atoms with Crippen molar-refractivity contribution in [3.63, 3.8) is 0 Å². The number of rotatable bonds is 6. The zero-order valence-corrected chi connectivity index (χ0v) is 19.5. The number of hydrogen-bond donors (Lipinski definition) is 3. The highest BCUT2D eigenvalue weighted by atomic mass is 127. The fourth-order valence-corrected chi connectivity index (χ4v) is 3.50. The maximum Gasteiger partial charge on any atom is 0.220 e. The van der Waals surface area contributed by atoms with Gasteiger partial charge in [0, 0.05) is 33.1 Å². The minimum atomic E-state index is 0. The van der Waals surface area contributed by atoms with Gasteiger partial charge in [0.15, 0.2) is 5.96 Å². The number of H-pyrrole nitrogens is 1. The highest BCUT2D eigenvalue weighted by molar-refractivity contribution is 14.0. The number of piperidine rings is 1. The Labute approximate surface area is 189 Å². The number of aromatic amines is 1. The lowest BCUT2D eigenvalue weighted by Crippen LogP contribution is -2.46. The van der Waals surface area contributed by atoms with Gasteiger partial charge >= 0.3 is 0 Å². The van der Waals surface area contributed by atoms with Crippen LogP contribution >= 0.6 is 24.0 Å². The fraction of sp³-hybridized carbons (Fsp3) is 0.476. The van der Waals surface area contributed by atoms with Crippen molar-refractivity contribution in [2.45, 2.75) is 32.7 Å². The van der Waals surface area contributed by atoms with E-state index in [4.69, 9.17) is 4.99 Å². The van der Waals surface area contributed by atoms with E-state index in [1.807, 2.05) is 24.4 Å². The number of imidazole rings is 1. The van der Waals surface area contributed by atoms with Gasteiger partial charge in [-0.3, -0.25) is 4.79 Å². The molecule has 0 aliphatic carbocycles. The van der Waals surface area contributed by atoms with E-state index in [1.54, 1.807) is 7.05 Å². The molecule has 3 N–H and O–H groups in total. The second-order valence-electron chi connectivity index (χ2n) is 7.09. The Morgan fingerprint density at radius 3 is 2.66 bits per heavy atom. The molecule has 3 rings (SSSR count). The molecule has 29 heavy (non-hydrogen) atoms. The molecule has 7 nitrogen and oxygen atoms in total. The smallest absolute Gasteiger partial charge is 0.220 e. The summed E-state index contributed by atoms with van der Waals surface area (Å²) in [5, 5.41) is 6.10. The van der Waals surface area contributed by atoms with Gasteiger partial charge in [-0.25, -0.2) is 9.98 Å². The van der Waals surface area contributed by atoms with Crippen LogP contribution in [0.1, 0.15) is 32.0 Å². The number of likely N-dealkylation sites (tertiary alicyclic amines) is 1. The number of amides is 1. The number of benzene rings is 1. The summed E-state index contributed by atoms with van der Waals surface area (Å²) >= 11 is 0. The number of guanidine groups is 1. The van der Waals surface area contributed by atoms with Crippen molar-refractivity contribution in [2.24, 2.45) is 10.9 Å². The molecule has 8 heteroatoms. The summed E-state index contributed by atoms with van der Waals surface area (Å²) in [6.07, 6.45) is 4.50. The Kier molecular flexibility index (Phi) is 9.43. The molecular weight excluding hydrogens is 479 g/mol. The first kappa shape index (κ1) is 23.2. The number of halogens is 1. The van der Waals surface area contributed by atoms with Crippen molar-refractivity contribution in [2.75, 3.05) is 26.7 Å². The number of aromatic nitrogens is 2. The second kappa shape index (κ2) is 11.8. The summed E-state index contributed by atoms with van der Waals surface area (Å²) in [7, 11) is 1.70. The van der Waals surface area contributed by atoms with Crippen molar-refractivity contribution in [1.29, 1.82) is 0 Å². The fourth-order valence-electron chi connectivity index (χ4n) is 3.50. The molecule has 2 aromatic rings. The summed E-state index contributed by atoms with van der Waals surface area (Å²) in [5.41, 5.74) is 2.13. The van der Waals surface area contributed by atoms with Gasteiger partial charge in [0.05, 0.1) is 11.9 Å². The van der Waals surface area contributed by atoms with E-state index in [0.717, 1.165) is 55.5 Å². The highest BCUT2D eigenvalue weighted by Gasteiger charge is 2.23. The zero-order chi connectivity index (χ0) is 19.8. The van der Waals surface area contributed by atoms with Crippen molar-refractivity contribution < 1.29 is 4.79 Å². The van der Waals surface area contributed by atoms with Crippen LogP contribution in [0.25, 0.3) is 11.3 Å². The molecule has 1 aliphatic rings. The summed E-state index contributed by atoms with van der Waals surface area (Å²) in [6, 6.07) is 10.2. The highest BCUT2D eigenvalue weighted by Crippen LogP contribution is 2.21. The molecule has 1 aromatic carbocycles. The Morgan fingerprint density at radius 2 is 2.00 bits per heavy atom. The Hall–Kier alpha value is -2.10. The molecule has 0 unspecified atom stereocenters. The Morgan fingerprint density at radius 1 is 1.28 bits per heavy atom. The minimum Gasteiger partial charge on any atom is -0.359 e. The monoisotopic (exact) mass is 510 g/mol. The Bertz CT molecular complexity index is 783. The first-order valence-corrected chi connectivity index (χ1v) is 10.0. The number of carbonyl (C=O) groups is 1. The molecule has 158 valence electrons. The van der Waals surface area contributed by atoms with Crippen LogP contribution in [-0.4, -0.2) is 53.4 Å². The third-order valence-corrected chi connectivity index (χ3v) is 5.09. The average Bonchev–Trinajstić information content (AvgIpc) is 3.21. The molecule has 1 saturated heterocycles. The number of aliphatic imine (C=N–C) groups is 1. The van der Waals surface area contributed by atoms with Gasteiger partial charge in [-0.1, -0.05) is 30.3 Å². The predicted octanol–water partition coefficient (Wildman–Crippen LogP) is 3.01. The molecule has 0 spiro atoms. The van der Waals surface area contributed by atoms with Crippen molar-refractivity contribution in [3.8, 4) is 11.3 Å². The number of nitrogens with zero attached hydrogens (tertiary/aromatic N) is 3. The molecule has 1 amide bonds. The quantitative estimate of drug-likeness (QED) is 0.317. The maximum atomic E-state index is 11.6. The van der Waals surface area contributed by atoms with Gasteiger partial charge in [0.2, 0.25) is 5.91 Å². The van der Waals surface area contributed by atoms with E-state index >= 15 is 0 Å². The van der Waals surface area contributed by atoms with Crippen molar-refractivity contribution in [3.05, 3.63) is 42.4 Å². The average molecular weight is 510 g/mol. The van der Waals surface area contributed by atoms with Gasteiger partial charge in [0.25, 0.3) is 0 Å². The molecule has 1 aliphatic heterocycles. The van der Waals surface area contributed by atoms with E-state index < -0.39 is 0 Å². The van der Waals surface area contributed by atoms with Crippen LogP contribution in [0.15, 0.2) is 41.5 Å². The molecular formula is C21H31IN6O. The standard InChI is InChI=1S/C21H30N6O.HI/c1-3-23-21(27-11-9-16(10-12-27)13-20(28)22-2)25-15-19-24-14-18(26-19)17-7-5-4-6-8-17;/h4-8,14,16H,3,9-13,15H2,1-2H3,(H,22,28)(H,23,25)(H,24,26);1H. The van der Waals surface area contributed by atoms with Crippen molar-refractivity contribution in [1.82, 2.24) is 25.5 Å². The van der Waals surface area contributed by atoms with E-state index in [1.165, 1.54) is 0 Å². The minimum absolute atomic E-state index is 0. The molecule has 0 atom stereocenters. The first-order chi connectivity index (χ1) is 13.7. The number of hydrogen-bond acceptors (Lipinski definition) is 3. The predicted molar refractivity (Wildman–Crippen MR) is 127 cm³/mol. The molecule has 1 fully saturated rings. The third-order valence-electron chi connectivity index (χ3n) is 5.09. The molecule has 2 heterocycles. The van der Waals surface area contributed by atoms with E-state index in [2.05, 4.69) is 44.6 Å². The lowest BCUT2D eigenvalue weighted by atomic mass is 9.93. The van der Waals surface area contributed by atoms with Gasteiger partial charge in [-0.05, 0) is 31.2 Å². The molecule has 0 radical (unpaired) electrons.